The zero-order valence-corrected chi connectivity index (χ0v) is 21.8. The molecule has 10 heteroatoms. The van der Waals surface area contributed by atoms with Gasteiger partial charge in [0.05, 0.1) is 12.2 Å². The molecule has 0 bridgehead atoms. The van der Waals surface area contributed by atoms with E-state index in [1.54, 1.807) is 30.3 Å². The number of halogens is 3. The monoisotopic (exact) mass is 552 g/mol. The van der Waals surface area contributed by atoms with Crippen LogP contribution in [0.2, 0.25) is 0 Å². The Bertz CT molecular complexity index is 1220. The molecule has 0 aliphatic heterocycles. The molecule has 3 rings (SSSR count). The highest BCUT2D eigenvalue weighted by molar-refractivity contribution is 7.22. The number of esters is 1. The first-order valence-corrected chi connectivity index (χ1v) is 13.1. The lowest BCUT2D eigenvalue weighted by molar-refractivity contribution is -0.274. The van der Waals surface area contributed by atoms with Gasteiger partial charge < -0.3 is 24.4 Å². The lowest BCUT2D eigenvalue weighted by atomic mass is 10.0. The minimum atomic E-state index is -4.81. The number of rotatable bonds is 14. The van der Waals surface area contributed by atoms with E-state index in [2.05, 4.69) is 18.2 Å². The Hall–Kier alpha value is -3.08. The number of unbranched alkanes of at least 4 members (excludes halogenated alkanes) is 2. The van der Waals surface area contributed by atoms with Gasteiger partial charge in [0.2, 0.25) is 0 Å². The Balaban J connectivity index is 1.71. The van der Waals surface area contributed by atoms with E-state index in [1.165, 1.54) is 17.4 Å². The summed E-state index contributed by atoms with van der Waals surface area (Å²) in [6, 6.07) is 12.0. The van der Waals surface area contributed by atoms with Crippen LogP contribution in [0.15, 0.2) is 55.1 Å². The molecule has 0 aliphatic rings. The molecule has 3 aromatic rings. The number of carbonyl (C=O) groups excluding carboxylic acids is 1. The van der Waals surface area contributed by atoms with E-state index in [4.69, 9.17) is 9.47 Å². The van der Waals surface area contributed by atoms with Crippen molar-refractivity contribution in [3.8, 4) is 21.9 Å². The number of aryl methyl sites for hydroxylation is 1. The third kappa shape index (κ3) is 9.04. The van der Waals surface area contributed by atoms with E-state index in [-0.39, 0.29) is 25.4 Å². The Labute approximate surface area is 223 Å². The molecule has 0 saturated carbocycles. The maximum atomic E-state index is 13.2. The molecule has 2 aromatic carbocycles. The number of fused-ring (bicyclic) bond motifs is 1. The van der Waals surface area contributed by atoms with Crippen LogP contribution in [0.5, 0.6) is 11.5 Å². The van der Waals surface area contributed by atoms with Crippen LogP contribution in [0.4, 0.5) is 13.2 Å². The second-order valence-electron chi connectivity index (χ2n) is 8.83. The van der Waals surface area contributed by atoms with Crippen LogP contribution >= 0.6 is 11.3 Å². The van der Waals surface area contributed by atoms with Crippen molar-refractivity contribution in [1.82, 2.24) is 0 Å². The van der Waals surface area contributed by atoms with Crippen LogP contribution in [0.25, 0.3) is 20.5 Å². The standard InChI is InChI=1S/C28H31F3O6S/c1-3-5-6-7-18-8-11-23(24(12-18)37-28(29,30)31)26-13-19-9-10-22(15-25(19)38-26)35-16-20(32)14-21(33)17-36-27(34)4-2/h4,8-13,15,20-21,32-33H,2-3,5-7,14,16-17H2,1H3. The van der Waals surface area contributed by atoms with E-state index in [1.807, 2.05) is 6.07 Å². The summed E-state index contributed by atoms with van der Waals surface area (Å²) >= 11 is 1.30. The average Bonchev–Trinajstić information content (AvgIpc) is 3.28. The number of carbonyl (C=O) groups is 1. The quantitative estimate of drug-likeness (QED) is 0.136. The lowest BCUT2D eigenvalue weighted by Crippen LogP contribution is -2.27. The number of alkyl halides is 3. The van der Waals surface area contributed by atoms with Gasteiger partial charge in [0.1, 0.15) is 24.7 Å². The summed E-state index contributed by atoms with van der Waals surface area (Å²) in [5.41, 5.74) is 1.15. The molecule has 6 nitrogen and oxygen atoms in total. The van der Waals surface area contributed by atoms with E-state index in [0.29, 0.717) is 22.6 Å². The molecule has 2 atom stereocenters. The van der Waals surface area contributed by atoms with E-state index in [0.717, 1.165) is 41.0 Å². The van der Waals surface area contributed by atoms with Crippen molar-refractivity contribution in [3.63, 3.8) is 0 Å². The van der Waals surface area contributed by atoms with Crippen LogP contribution in [0.3, 0.4) is 0 Å². The fourth-order valence-electron chi connectivity index (χ4n) is 3.83. The first-order valence-electron chi connectivity index (χ1n) is 12.3. The van der Waals surface area contributed by atoms with Gasteiger partial charge >= 0.3 is 12.3 Å². The zero-order chi connectivity index (χ0) is 27.7. The van der Waals surface area contributed by atoms with Crippen molar-refractivity contribution in [2.24, 2.45) is 0 Å². The van der Waals surface area contributed by atoms with E-state index in [9.17, 15) is 28.2 Å². The summed E-state index contributed by atoms with van der Waals surface area (Å²) in [4.78, 5) is 11.7. The first kappa shape index (κ1) is 29.5. The van der Waals surface area contributed by atoms with Crippen LogP contribution in [-0.2, 0) is 16.0 Å². The molecule has 0 fully saturated rings. The molecule has 38 heavy (non-hydrogen) atoms. The molecular weight excluding hydrogens is 521 g/mol. The van der Waals surface area contributed by atoms with Gasteiger partial charge in [-0.05, 0) is 60.2 Å². The molecule has 2 N–H and O–H groups in total. The average molecular weight is 553 g/mol. The van der Waals surface area contributed by atoms with Crippen molar-refractivity contribution >= 4 is 27.4 Å². The lowest BCUT2D eigenvalue weighted by Gasteiger charge is -2.16. The van der Waals surface area contributed by atoms with Crippen molar-refractivity contribution in [2.45, 2.75) is 57.6 Å². The van der Waals surface area contributed by atoms with Crippen LogP contribution in [0, 0.1) is 0 Å². The number of ether oxygens (including phenoxy) is 3. The summed E-state index contributed by atoms with van der Waals surface area (Å²) in [5.74, 6) is -0.441. The van der Waals surface area contributed by atoms with Gasteiger partial charge in [-0.25, -0.2) is 4.79 Å². The third-order valence-corrected chi connectivity index (χ3v) is 6.80. The molecule has 0 amide bonds. The minimum Gasteiger partial charge on any atom is -0.491 e. The van der Waals surface area contributed by atoms with Gasteiger partial charge in [0.25, 0.3) is 0 Å². The van der Waals surface area contributed by atoms with Gasteiger partial charge in [0, 0.05) is 27.6 Å². The molecule has 0 saturated heterocycles. The number of hydrogen-bond acceptors (Lipinski definition) is 7. The maximum absolute atomic E-state index is 13.2. The van der Waals surface area contributed by atoms with Crippen LogP contribution in [0.1, 0.15) is 38.2 Å². The Morgan fingerprint density at radius 2 is 1.84 bits per heavy atom. The molecular formula is C28H31F3O6S. The SMILES string of the molecule is C=CC(=O)OCC(O)CC(O)COc1ccc2cc(-c3ccc(CCCCC)cc3OC(F)(F)F)sc2c1. The first-order chi connectivity index (χ1) is 18.1. The van der Waals surface area contributed by atoms with Crippen molar-refractivity contribution in [2.75, 3.05) is 13.2 Å². The normalized spacial score (nSPS) is 13.2. The topological polar surface area (TPSA) is 85.2 Å². The maximum Gasteiger partial charge on any atom is 0.573 e. The van der Waals surface area contributed by atoms with E-state index < -0.39 is 24.5 Å². The number of hydrogen-bond donors (Lipinski definition) is 2. The molecule has 206 valence electrons. The summed E-state index contributed by atoms with van der Waals surface area (Å²) in [6.07, 6.45) is -2.38. The number of thiophene rings is 1. The number of aliphatic hydroxyl groups is 2. The van der Waals surface area contributed by atoms with Gasteiger partial charge in [-0.15, -0.1) is 24.5 Å². The molecule has 0 aliphatic carbocycles. The van der Waals surface area contributed by atoms with Crippen molar-refractivity contribution in [3.05, 3.63) is 60.7 Å². The second kappa shape index (κ2) is 13.6. The fraction of sp³-hybridized carbons (Fsp3) is 0.393. The largest absolute Gasteiger partial charge is 0.573 e. The summed E-state index contributed by atoms with van der Waals surface area (Å²) in [5, 5.41) is 20.8. The van der Waals surface area contributed by atoms with Crippen molar-refractivity contribution < 1.29 is 42.4 Å². The van der Waals surface area contributed by atoms with Gasteiger partial charge in [0.15, 0.2) is 0 Å². The third-order valence-electron chi connectivity index (χ3n) is 5.67. The summed E-state index contributed by atoms with van der Waals surface area (Å²) in [6.45, 7) is 4.94. The summed E-state index contributed by atoms with van der Waals surface area (Å²) < 4.78 is 55.0. The predicted octanol–water partition coefficient (Wildman–Crippen LogP) is 6.42. The van der Waals surface area contributed by atoms with Crippen LogP contribution < -0.4 is 9.47 Å². The molecule has 2 unspecified atom stereocenters. The Kier molecular flexibility index (Phi) is 10.6. The van der Waals surface area contributed by atoms with Crippen LogP contribution in [-0.4, -0.2) is 48.0 Å². The minimum absolute atomic E-state index is 0.0633. The number of aliphatic hydroxyl groups excluding tert-OH is 2. The molecule has 1 heterocycles. The smallest absolute Gasteiger partial charge is 0.491 e. The van der Waals surface area contributed by atoms with Gasteiger partial charge in [-0.1, -0.05) is 32.4 Å². The molecule has 0 spiro atoms. The molecule has 1 aromatic heterocycles. The predicted molar refractivity (Wildman–Crippen MR) is 140 cm³/mol. The van der Waals surface area contributed by atoms with Crippen molar-refractivity contribution in [1.29, 1.82) is 0 Å². The summed E-state index contributed by atoms with van der Waals surface area (Å²) in [7, 11) is 0. The zero-order valence-electron chi connectivity index (χ0n) is 21.0. The molecule has 0 radical (unpaired) electrons. The number of benzene rings is 2. The highest BCUT2D eigenvalue weighted by Gasteiger charge is 2.32. The van der Waals surface area contributed by atoms with E-state index >= 15 is 0 Å². The highest BCUT2D eigenvalue weighted by Crippen LogP contribution is 2.41. The second-order valence-corrected chi connectivity index (χ2v) is 9.92. The Morgan fingerprint density at radius 3 is 2.55 bits per heavy atom. The Morgan fingerprint density at radius 1 is 1.08 bits per heavy atom. The highest BCUT2D eigenvalue weighted by atomic mass is 32.1. The fourth-order valence-corrected chi connectivity index (χ4v) is 4.95. The van der Waals surface area contributed by atoms with Gasteiger partial charge in [-0.3, -0.25) is 0 Å². The van der Waals surface area contributed by atoms with Gasteiger partial charge in [-0.2, -0.15) is 0 Å².